The zero-order valence-electron chi connectivity index (χ0n) is 13.1. The Morgan fingerprint density at radius 1 is 1.23 bits per heavy atom. The molecule has 0 aromatic carbocycles. The SMILES string of the molecule is C[C@@H]1C[C@H](C)N(C(=O)CCCc2ccccn2)c2ccnn21. The second-order valence-electron chi connectivity index (χ2n) is 6.01. The van der Waals surface area contributed by atoms with E-state index in [-0.39, 0.29) is 11.9 Å². The van der Waals surface area contributed by atoms with Crippen molar-refractivity contribution < 1.29 is 4.79 Å². The van der Waals surface area contributed by atoms with Gasteiger partial charge in [0.15, 0.2) is 0 Å². The van der Waals surface area contributed by atoms with Gasteiger partial charge in [0.05, 0.1) is 12.2 Å². The molecule has 2 aromatic rings. The van der Waals surface area contributed by atoms with Crippen LogP contribution in [0.4, 0.5) is 5.82 Å². The molecule has 0 bridgehead atoms. The smallest absolute Gasteiger partial charge is 0.228 e. The van der Waals surface area contributed by atoms with Gasteiger partial charge < -0.3 is 0 Å². The predicted octanol–water partition coefficient (Wildman–Crippen LogP) is 2.99. The summed E-state index contributed by atoms with van der Waals surface area (Å²) in [5, 5.41) is 4.35. The Bertz CT molecular complexity index is 637. The molecule has 22 heavy (non-hydrogen) atoms. The van der Waals surface area contributed by atoms with Crippen molar-refractivity contribution in [3.63, 3.8) is 0 Å². The Hall–Kier alpha value is -2.17. The molecule has 0 saturated heterocycles. The van der Waals surface area contributed by atoms with E-state index in [0.29, 0.717) is 12.5 Å². The van der Waals surface area contributed by atoms with E-state index in [1.165, 1.54) is 0 Å². The Balaban J connectivity index is 1.64. The molecule has 0 N–H and O–H groups in total. The molecule has 0 unspecified atom stereocenters. The monoisotopic (exact) mass is 298 g/mol. The minimum Gasteiger partial charge on any atom is -0.294 e. The molecule has 5 heteroatoms. The Kier molecular flexibility index (Phi) is 4.22. The Labute approximate surface area is 131 Å². The van der Waals surface area contributed by atoms with Crippen molar-refractivity contribution >= 4 is 11.7 Å². The third kappa shape index (κ3) is 2.89. The number of hydrogen-bond acceptors (Lipinski definition) is 3. The third-order valence-corrected chi connectivity index (χ3v) is 4.26. The fourth-order valence-corrected chi connectivity index (χ4v) is 3.22. The predicted molar refractivity (Wildman–Crippen MR) is 85.7 cm³/mol. The molecule has 3 heterocycles. The van der Waals surface area contributed by atoms with Crippen LogP contribution in [-0.2, 0) is 11.2 Å². The van der Waals surface area contributed by atoms with Crippen molar-refractivity contribution in [2.75, 3.05) is 4.90 Å². The summed E-state index contributed by atoms with van der Waals surface area (Å²) in [4.78, 5) is 18.8. The third-order valence-electron chi connectivity index (χ3n) is 4.26. The molecule has 0 fully saturated rings. The molecular weight excluding hydrogens is 276 g/mol. The van der Waals surface area contributed by atoms with Gasteiger partial charge in [-0.15, -0.1) is 0 Å². The first-order valence-electron chi connectivity index (χ1n) is 7.92. The molecule has 0 aliphatic carbocycles. The van der Waals surface area contributed by atoms with Crippen LogP contribution in [-0.4, -0.2) is 26.7 Å². The van der Waals surface area contributed by atoms with Crippen molar-refractivity contribution in [3.8, 4) is 0 Å². The maximum atomic E-state index is 12.6. The van der Waals surface area contributed by atoms with E-state index in [1.807, 2.05) is 33.8 Å². The van der Waals surface area contributed by atoms with E-state index in [2.05, 4.69) is 23.9 Å². The van der Waals surface area contributed by atoms with Gasteiger partial charge in [0.1, 0.15) is 5.82 Å². The number of hydrogen-bond donors (Lipinski definition) is 0. The van der Waals surface area contributed by atoms with Gasteiger partial charge in [0.25, 0.3) is 0 Å². The summed E-state index contributed by atoms with van der Waals surface area (Å²) in [5.74, 6) is 1.10. The van der Waals surface area contributed by atoms with Crippen molar-refractivity contribution in [2.45, 2.75) is 51.6 Å². The lowest BCUT2D eigenvalue weighted by atomic mass is 10.0. The van der Waals surface area contributed by atoms with Gasteiger partial charge in [0, 0.05) is 30.4 Å². The first-order chi connectivity index (χ1) is 10.7. The minimum atomic E-state index is 0.178. The number of carbonyl (C=O) groups excluding carboxylic acids is 1. The van der Waals surface area contributed by atoms with Crippen LogP contribution in [0, 0.1) is 0 Å². The van der Waals surface area contributed by atoms with Crippen molar-refractivity contribution in [3.05, 3.63) is 42.4 Å². The molecule has 0 radical (unpaired) electrons. The van der Waals surface area contributed by atoms with Gasteiger partial charge in [0.2, 0.25) is 5.91 Å². The molecular formula is C17H22N4O. The van der Waals surface area contributed by atoms with Crippen molar-refractivity contribution in [1.29, 1.82) is 0 Å². The van der Waals surface area contributed by atoms with Crippen LogP contribution in [0.25, 0.3) is 0 Å². The minimum absolute atomic E-state index is 0.178. The van der Waals surface area contributed by atoms with Gasteiger partial charge >= 0.3 is 0 Å². The number of aromatic nitrogens is 3. The van der Waals surface area contributed by atoms with Gasteiger partial charge in [-0.1, -0.05) is 6.07 Å². The van der Waals surface area contributed by atoms with Crippen molar-refractivity contribution in [1.82, 2.24) is 14.8 Å². The Morgan fingerprint density at radius 3 is 2.86 bits per heavy atom. The molecule has 2 aromatic heterocycles. The van der Waals surface area contributed by atoms with E-state index in [4.69, 9.17) is 0 Å². The first kappa shape index (κ1) is 14.8. The number of carbonyl (C=O) groups is 1. The zero-order valence-corrected chi connectivity index (χ0v) is 13.1. The fraction of sp³-hybridized carbons (Fsp3) is 0.471. The highest BCUT2D eigenvalue weighted by Crippen LogP contribution is 2.31. The highest BCUT2D eigenvalue weighted by molar-refractivity contribution is 5.93. The topological polar surface area (TPSA) is 51.0 Å². The highest BCUT2D eigenvalue weighted by atomic mass is 16.2. The lowest BCUT2D eigenvalue weighted by Gasteiger charge is -2.37. The maximum Gasteiger partial charge on any atom is 0.228 e. The van der Waals surface area contributed by atoms with Crippen LogP contribution >= 0.6 is 0 Å². The van der Waals surface area contributed by atoms with Gasteiger partial charge in [-0.25, -0.2) is 4.68 Å². The van der Waals surface area contributed by atoms with Crippen LogP contribution in [0.5, 0.6) is 0 Å². The van der Waals surface area contributed by atoms with Crippen LogP contribution in [0.1, 0.15) is 44.8 Å². The molecule has 0 saturated carbocycles. The molecule has 1 amide bonds. The standard InChI is InChI=1S/C17H22N4O/c1-13-12-14(2)21-16(9-11-19-21)20(13)17(22)8-5-7-15-6-3-4-10-18-15/h3-4,6,9-11,13-14H,5,7-8,12H2,1-2H3/t13-,14+/m0/s1. The summed E-state index contributed by atoms with van der Waals surface area (Å²) in [6.45, 7) is 4.26. The summed E-state index contributed by atoms with van der Waals surface area (Å²) >= 11 is 0. The summed E-state index contributed by atoms with van der Waals surface area (Å²) in [7, 11) is 0. The van der Waals surface area contributed by atoms with E-state index >= 15 is 0 Å². The van der Waals surface area contributed by atoms with Gasteiger partial charge in [-0.3, -0.25) is 14.7 Å². The normalized spacial score (nSPS) is 20.7. The summed E-state index contributed by atoms with van der Waals surface area (Å²) in [6.07, 6.45) is 6.72. The fourth-order valence-electron chi connectivity index (χ4n) is 3.22. The summed E-state index contributed by atoms with van der Waals surface area (Å²) in [6, 6.07) is 8.40. The maximum absolute atomic E-state index is 12.6. The van der Waals surface area contributed by atoms with Crippen LogP contribution in [0.3, 0.4) is 0 Å². The van der Waals surface area contributed by atoms with E-state index < -0.39 is 0 Å². The van der Waals surface area contributed by atoms with E-state index in [9.17, 15) is 4.79 Å². The van der Waals surface area contributed by atoms with Crippen LogP contribution < -0.4 is 4.90 Å². The quantitative estimate of drug-likeness (QED) is 0.872. The number of fused-ring (bicyclic) bond motifs is 1. The van der Waals surface area contributed by atoms with E-state index in [1.54, 1.807) is 12.4 Å². The van der Waals surface area contributed by atoms with Gasteiger partial charge in [-0.05, 0) is 45.2 Å². The summed E-state index contributed by atoms with van der Waals surface area (Å²) in [5.41, 5.74) is 1.04. The zero-order chi connectivity index (χ0) is 15.5. The second-order valence-corrected chi connectivity index (χ2v) is 6.01. The number of anilines is 1. The highest BCUT2D eigenvalue weighted by Gasteiger charge is 2.31. The molecule has 1 aliphatic rings. The van der Waals surface area contributed by atoms with E-state index in [0.717, 1.165) is 30.8 Å². The number of aryl methyl sites for hydroxylation is 1. The number of pyridine rings is 1. The molecule has 5 nitrogen and oxygen atoms in total. The molecule has 0 spiro atoms. The number of amides is 1. The first-order valence-corrected chi connectivity index (χ1v) is 7.92. The molecule has 116 valence electrons. The summed E-state index contributed by atoms with van der Waals surface area (Å²) < 4.78 is 1.96. The average molecular weight is 298 g/mol. The number of nitrogens with zero attached hydrogens (tertiary/aromatic N) is 4. The van der Waals surface area contributed by atoms with Crippen molar-refractivity contribution in [2.24, 2.45) is 0 Å². The van der Waals surface area contributed by atoms with Gasteiger partial charge in [-0.2, -0.15) is 5.10 Å². The second kappa shape index (κ2) is 6.30. The number of rotatable bonds is 4. The van der Waals surface area contributed by atoms with Crippen LogP contribution in [0.2, 0.25) is 0 Å². The lowest BCUT2D eigenvalue weighted by molar-refractivity contribution is -0.119. The molecule has 1 aliphatic heterocycles. The molecule has 2 atom stereocenters. The average Bonchev–Trinajstić information content (AvgIpc) is 2.98. The Morgan fingerprint density at radius 2 is 2.09 bits per heavy atom. The van der Waals surface area contributed by atoms with Crippen LogP contribution in [0.15, 0.2) is 36.7 Å². The molecule has 3 rings (SSSR count). The largest absolute Gasteiger partial charge is 0.294 e. The lowest BCUT2D eigenvalue weighted by Crippen LogP contribution is -2.44.